The summed E-state index contributed by atoms with van der Waals surface area (Å²) in [6, 6.07) is 11.8. The highest BCUT2D eigenvalue weighted by Crippen LogP contribution is 2.26. The van der Waals surface area contributed by atoms with Gasteiger partial charge in [0, 0.05) is 5.56 Å². The van der Waals surface area contributed by atoms with Crippen molar-refractivity contribution in [2.45, 2.75) is 13.8 Å². The Morgan fingerprint density at radius 3 is 2.41 bits per heavy atom. The van der Waals surface area contributed by atoms with E-state index >= 15 is 0 Å². The van der Waals surface area contributed by atoms with Gasteiger partial charge >= 0.3 is 0 Å². The van der Waals surface area contributed by atoms with Crippen molar-refractivity contribution < 1.29 is 9.18 Å². The van der Waals surface area contributed by atoms with E-state index in [9.17, 15) is 9.18 Å². The van der Waals surface area contributed by atoms with Crippen LogP contribution in [0.1, 0.15) is 21.6 Å². The number of aromatic nitrogens is 3. The van der Waals surface area contributed by atoms with E-state index in [-0.39, 0.29) is 11.5 Å². The quantitative estimate of drug-likeness (QED) is 0.695. The number of aryl methyl sites for hydroxylation is 2. The molecule has 0 aliphatic rings. The van der Waals surface area contributed by atoms with Crippen LogP contribution in [0.4, 0.5) is 4.39 Å². The zero-order valence-electron chi connectivity index (χ0n) is 12.2. The number of halogens is 1. The summed E-state index contributed by atoms with van der Waals surface area (Å²) in [5.74, 6) is -0.327. The molecule has 0 saturated heterocycles. The molecule has 0 unspecified atom stereocenters. The molecule has 1 aromatic heterocycles. The first kappa shape index (κ1) is 14.1. The fraction of sp³-hybridized carbons (Fsp3) is 0.118. The molecule has 3 aromatic rings. The molecule has 0 aliphatic heterocycles. The average Bonchev–Trinajstić information content (AvgIpc) is 2.94. The average molecular weight is 295 g/mol. The summed E-state index contributed by atoms with van der Waals surface area (Å²) < 4.78 is 14.6. The molecule has 5 heteroatoms. The van der Waals surface area contributed by atoms with Gasteiger partial charge in [-0.25, -0.2) is 9.07 Å². The van der Waals surface area contributed by atoms with E-state index in [0.29, 0.717) is 17.7 Å². The van der Waals surface area contributed by atoms with E-state index in [1.54, 1.807) is 16.8 Å². The van der Waals surface area contributed by atoms with Gasteiger partial charge in [-0.3, -0.25) is 4.79 Å². The summed E-state index contributed by atoms with van der Waals surface area (Å²) in [4.78, 5) is 11.3. The van der Waals surface area contributed by atoms with Crippen LogP contribution in [-0.4, -0.2) is 21.3 Å². The largest absolute Gasteiger partial charge is 0.296 e. The van der Waals surface area contributed by atoms with Gasteiger partial charge in [0.25, 0.3) is 0 Å². The highest BCUT2D eigenvalue weighted by Gasteiger charge is 2.16. The van der Waals surface area contributed by atoms with Gasteiger partial charge < -0.3 is 0 Å². The molecular weight excluding hydrogens is 281 g/mol. The number of carbonyl (C=O) groups is 1. The Kier molecular flexibility index (Phi) is 3.55. The zero-order valence-corrected chi connectivity index (χ0v) is 12.2. The fourth-order valence-electron chi connectivity index (χ4n) is 2.29. The lowest BCUT2D eigenvalue weighted by molar-refractivity contribution is 0.111. The lowest BCUT2D eigenvalue weighted by Crippen LogP contribution is -2.00. The molecule has 22 heavy (non-hydrogen) atoms. The Hall–Kier alpha value is -2.82. The van der Waals surface area contributed by atoms with E-state index < -0.39 is 0 Å². The van der Waals surface area contributed by atoms with E-state index in [4.69, 9.17) is 0 Å². The number of hydrogen-bond donors (Lipinski definition) is 0. The number of nitrogens with zero attached hydrogens (tertiary/aromatic N) is 3. The zero-order chi connectivity index (χ0) is 15.7. The van der Waals surface area contributed by atoms with Gasteiger partial charge in [-0.15, -0.1) is 5.10 Å². The number of aldehydes is 1. The van der Waals surface area contributed by atoms with E-state index in [1.165, 1.54) is 12.1 Å². The van der Waals surface area contributed by atoms with Crippen LogP contribution in [0.25, 0.3) is 16.9 Å². The molecule has 0 bridgehead atoms. The maximum absolute atomic E-state index is 13.1. The molecule has 110 valence electrons. The monoisotopic (exact) mass is 295 g/mol. The Morgan fingerprint density at radius 1 is 1.05 bits per heavy atom. The summed E-state index contributed by atoms with van der Waals surface area (Å²) in [6.07, 6.45) is 0.678. The Morgan fingerprint density at radius 2 is 1.77 bits per heavy atom. The minimum absolute atomic E-state index is 0.257. The van der Waals surface area contributed by atoms with Crippen molar-refractivity contribution >= 4 is 6.29 Å². The highest BCUT2D eigenvalue weighted by atomic mass is 19.1. The van der Waals surface area contributed by atoms with Gasteiger partial charge in [-0.2, -0.15) is 0 Å². The molecule has 0 radical (unpaired) electrons. The van der Waals surface area contributed by atoms with Crippen molar-refractivity contribution in [3.05, 3.63) is 65.1 Å². The van der Waals surface area contributed by atoms with Crippen LogP contribution < -0.4 is 0 Å². The van der Waals surface area contributed by atoms with E-state index in [1.807, 2.05) is 32.0 Å². The second kappa shape index (κ2) is 5.52. The smallest absolute Gasteiger partial charge is 0.172 e. The second-order valence-corrected chi connectivity index (χ2v) is 5.13. The third-order valence-electron chi connectivity index (χ3n) is 3.66. The van der Waals surface area contributed by atoms with Crippen molar-refractivity contribution in [1.82, 2.24) is 15.0 Å². The first-order chi connectivity index (χ1) is 10.6. The van der Waals surface area contributed by atoms with Gasteiger partial charge in [0.1, 0.15) is 11.5 Å². The first-order valence-electron chi connectivity index (χ1n) is 6.84. The SMILES string of the molecule is Cc1ccc(-c2c(C=O)nnn2-c2ccc(F)cc2)cc1C. The number of hydrogen-bond acceptors (Lipinski definition) is 3. The molecule has 0 fully saturated rings. The van der Waals surface area contributed by atoms with Gasteiger partial charge in [0.05, 0.1) is 5.69 Å². The van der Waals surface area contributed by atoms with Crippen molar-refractivity contribution in [2.24, 2.45) is 0 Å². The van der Waals surface area contributed by atoms with E-state index in [2.05, 4.69) is 10.3 Å². The van der Waals surface area contributed by atoms with Crippen LogP contribution in [0.5, 0.6) is 0 Å². The fourth-order valence-corrected chi connectivity index (χ4v) is 2.29. The van der Waals surface area contributed by atoms with Gasteiger partial charge in [-0.05, 0) is 55.3 Å². The topological polar surface area (TPSA) is 47.8 Å². The van der Waals surface area contributed by atoms with Gasteiger partial charge in [-0.1, -0.05) is 17.3 Å². The maximum Gasteiger partial charge on any atom is 0.172 e. The maximum atomic E-state index is 13.1. The first-order valence-corrected chi connectivity index (χ1v) is 6.84. The van der Waals surface area contributed by atoms with Crippen molar-refractivity contribution in [3.63, 3.8) is 0 Å². The lowest BCUT2D eigenvalue weighted by atomic mass is 10.0. The van der Waals surface area contributed by atoms with Crippen LogP contribution >= 0.6 is 0 Å². The van der Waals surface area contributed by atoms with Crippen LogP contribution in [0.15, 0.2) is 42.5 Å². The van der Waals surface area contributed by atoms with Crippen LogP contribution in [0, 0.1) is 19.7 Å². The number of carbonyl (C=O) groups excluding carboxylic acids is 1. The molecule has 0 amide bonds. The molecule has 0 aliphatic carbocycles. The molecular formula is C17H14FN3O. The molecule has 3 rings (SSSR count). The van der Waals surface area contributed by atoms with Crippen LogP contribution in [-0.2, 0) is 0 Å². The van der Waals surface area contributed by atoms with Crippen LogP contribution in [0.2, 0.25) is 0 Å². The molecule has 0 N–H and O–H groups in total. The molecule has 2 aromatic carbocycles. The highest BCUT2D eigenvalue weighted by molar-refractivity contribution is 5.84. The predicted octanol–water partition coefficient (Wildman–Crippen LogP) is 3.50. The number of rotatable bonds is 3. The van der Waals surface area contributed by atoms with Gasteiger partial charge in [0.2, 0.25) is 0 Å². The van der Waals surface area contributed by atoms with Crippen LogP contribution in [0.3, 0.4) is 0 Å². The van der Waals surface area contributed by atoms with Crippen molar-refractivity contribution in [1.29, 1.82) is 0 Å². The summed E-state index contributed by atoms with van der Waals surface area (Å²) in [6.45, 7) is 4.03. The number of benzene rings is 2. The van der Waals surface area contributed by atoms with E-state index in [0.717, 1.165) is 16.7 Å². The molecule has 0 spiro atoms. The predicted molar refractivity (Wildman–Crippen MR) is 81.6 cm³/mol. The summed E-state index contributed by atoms with van der Waals surface area (Å²) in [5.41, 5.74) is 4.63. The second-order valence-electron chi connectivity index (χ2n) is 5.13. The Labute approximate surface area is 127 Å². The van der Waals surface area contributed by atoms with Gasteiger partial charge in [0.15, 0.2) is 12.0 Å². The lowest BCUT2D eigenvalue weighted by Gasteiger charge is -2.09. The van der Waals surface area contributed by atoms with Crippen molar-refractivity contribution in [3.8, 4) is 16.9 Å². The standard InChI is InChI=1S/C17H14FN3O/c1-11-3-4-13(9-12(11)2)17-16(10-22)19-20-21(17)15-7-5-14(18)6-8-15/h3-10H,1-2H3. The minimum Gasteiger partial charge on any atom is -0.296 e. The third-order valence-corrected chi connectivity index (χ3v) is 3.66. The Bertz CT molecular complexity index is 838. The normalized spacial score (nSPS) is 10.7. The Balaban J connectivity index is 2.21. The summed E-state index contributed by atoms with van der Waals surface area (Å²) in [7, 11) is 0. The molecule has 0 atom stereocenters. The third kappa shape index (κ3) is 2.41. The molecule has 1 heterocycles. The summed E-state index contributed by atoms with van der Waals surface area (Å²) in [5, 5.41) is 7.94. The molecule has 0 saturated carbocycles. The summed E-state index contributed by atoms with van der Waals surface area (Å²) >= 11 is 0. The van der Waals surface area contributed by atoms with Crippen molar-refractivity contribution in [2.75, 3.05) is 0 Å². The minimum atomic E-state index is -0.327. The molecule has 4 nitrogen and oxygen atoms in total.